The van der Waals surface area contributed by atoms with Crippen LogP contribution in [0.1, 0.15) is 11.1 Å². The van der Waals surface area contributed by atoms with Gasteiger partial charge in [-0.1, -0.05) is 60.4 Å². The molecular formula is C18H11. The van der Waals surface area contributed by atoms with Crippen molar-refractivity contribution in [3.8, 4) is 11.8 Å². The molecular weight excluding hydrogens is 216 g/mol. The van der Waals surface area contributed by atoms with E-state index in [1.807, 2.05) is 42.5 Å². The summed E-state index contributed by atoms with van der Waals surface area (Å²) in [7, 11) is 0. The summed E-state index contributed by atoms with van der Waals surface area (Å²) >= 11 is 0. The minimum Gasteiger partial charge on any atom is -0.0616 e. The van der Waals surface area contributed by atoms with E-state index < -0.39 is 0 Å². The van der Waals surface area contributed by atoms with Gasteiger partial charge in [0, 0.05) is 11.1 Å². The lowest BCUT2D eigenvalue weighted by molar-refractivity contribution is 1.63. The van der Waals surface area contributed by atoms with Gasteiger partial charge >= 0.3 is 0 Å². The standard InChI is InChI=1S/C18H11/c1-2-7-15(8-3-1)13-14-17-11-6-10-16-9-4-5-12-18(16)17/h2-12H. The van der Waals surface area contributed by atoms with E-state index in [0.717, 1.165) is 11.1 Å². The molecule has 0 saturated heterocycles. The second kappa shape index (κ2) is 4.77. The molecule has 0 atom stereocenters. The van der Waals surface area contributed by atoms with E-state index in [9.17, 15) is 0 Å². The molecule has 0 heteroatoms. The van der Waals surface area contributed by atoms with Crippen LogP contribution in [-0.4, -0.2) is 0 Å². The number of hydrogen-bond acceptors (Lipinski definition) is 0. The Bertz CT molecular complexity index is 723. The summed E-state index contributed by atoms with van der Waals surface area (Å²) in [5.41, 5.74) is 2.09. The van der Waals surface area contributed by atoms with Gasteiger partial charge in [-0.05, 0) is 35.0 Å². The fourth-order valence-corrected chi connectivity index (χ4v) is 1.94. The lowest BCUT2D eigenvalue weighted by Crippen LogP contribution is -1.79. The van der Waals surface area contributed by atoms with Gasteiger partial charge < -0.3 is 0 Å². The first kappa shape index (κ1) is 10.6. The van der Waals surface area contributed by atoms with E-state index >= 15 is 0 Å². The second-order valence-corrected chi connectivity index (χ2v) is 4.07. The van der Waals surface area contributed by atoms with E-state index in [-0.39, 0.29) is 0 Å². The maximum Gasteiger partial charge on any atom is 0.0327 e. The molecule has 0 saturated carbocycles. The maximum absolute atomic E-state index is 3.24. The van der Waals surface area contributed by atoms with Crippen LogP contribution in [0.5, 0.6) is 0 Å². The molecule has 0 aliphatic carbocycles. The molecule has 0 amide bonds. The fourth-order valence-electron chi connectivity index (χ4n) is 1.94. The largest absolute Gasteiger partial charge is 0.0616 e. The van der Waals surface area contributed by atoms with Crippen LogP contribution in [0, 0.1) is 17.9 Å². The van der Waals surface area contributed by atoms with E-state index in [2.05, 4.69) is 42.2 Å². The molecule has 83 valence electrons. The van der Waals surface area contributed by atoms with Crippen LogP contribution in [0.4, 0.5) is 0 Å². The highest BCUT2D eigenvalue weighted by atomic mass is 14.0. The third-order valence-electron chi connectivity index (χ3n) is 2.85. The Kier molecular flexibility index (Phi) is 2.82. The second-order valence-electron chi connectivity index (χ2n) is 4.07. The Morgan fingerprint density at radius 2 is 1.50 bits per heavy atom. The molecule has 0 bridgehead atoms. The van der Waals surface area contributed by atoms with Crippen LogP contribution < -0.4 is 0 Å². The van der Waals surface area contributed by atoms with E-state index in [0.29, 0.717) is 0 Å². The number of hydrogen-bond donors (Lipinski definition) is 0. The van der Waals surface area contributed by atoms with Crippen molar-refractivity contribution in [1.82, 2.24) is 0 Å². The lowest BCUT2D eigenvalue weighted by atomic mass is 10.0. The third-order valence-corrected chi connectivity index (χ3v) is 2.85. The fraction of sp³-hybridized carbons (Fsp3) is 0. The summed E-state index contributed by atoms with van der Waals surface area (Å²) in [6.07, 6.45) is 0. The van der Waals surface area contributed by atoms with Crippen molar-refractivity contribution >= 4 is 10.8 Å². The monoisotopic (exact) mass is 227 g/mol. The summed E-state index contributed by atoms with van der Waals surface area (Å²) in [5.74, 6) is 6.42. The molecule has 18 heavy (non-hydrogen) atoms. The Hall–Kier alpha value is -2.52. The predicted molar refractivity (Wildman–Crippen MR) is 75.2 cm³/mol. The van der Waals surface area contributed by atoms with Gasteiger partial charge in [0.2, 0.25) is 0 Å². The Morgan fingerprint density at radius 3 is 2.39 bits per heavy atom. The zero-order chi connectivity index (χ0) is 12.2. The SMILES string of the molecule is C(#Cc1cccc2ccccc12)c1cc[c]cc1. The molecule has 0 unspecified atom stereocenters. The Morgan fingerprint density at radius 1 is 0.722 bits per heavy atom. The average Bonchev–Trinajstić information content (AvgIpc) is 2.46. The molecule has 0 heterocycles. The molecule has 0 aromatic heterocycles. The van der Waals surface area contributed by atoms with Gasteiger partial charge in [-0.3, -0.25) is 0 Å². The molecule has 0 fully saturated rings. The molecule has 3 aromatic rings. The molecule has 0 N–H and O–H groups in total. The quantitative estimate of drug-likeness (QED) is 0.508. The first-order chi connectivity index (χ1) is 8.93. The highest BCUT2D eigenvalue weighted by molar-refractivity contribution is 5.88. The minimum atomic E-state index is 1.02. The van der Waals surface area contributed by atoms with Crippen LogP contribution in [0.15, 0.2) is 66.7 Å². The van der Waals surface area contributed by atoms with Gasteiger partial charge in [-0.2, -0.15) is 0 Å². The maximum atomic E-state index is 3.24. The summed E-state index contributed by atoms with van der Waals surface area (Å²) < 4.78 is 0. The van der Waals surface area contributed by atoms with Crippen molar-refractivity contribution in [3.05, 3.63) is 83.9 Å². The highest BCUT2D eigenvalue weighted by Gasteiger charge is 1.95. The summed E-state index contributed by atoms with van der Waals surface area (Å²) in [4.78, 5) is 0. The van der Waals surface area contributed by atoms with E-state index in [1.54, 1.807) is 0 Å². The van der Waals surface area contributed by atoms with Crippen molar-refractivity contribution < 1.29 is 0 Å². The zero-order valence-electron chi connectivity index (χ0n) is 9.85. The Labute approximate surface area is 107 Å². The third kappa shape index (κ3) is 2.12. The van der Waals surface area contributed by atoms with Gasteiger partial charge in [0.05, 0.1) is 0 Å². The van der Waals surface area contributed by atoms with Crippen LogP contribution in [-0.2, 0) is 0 Å². The zero-order valence-corrected chi connectivity index (χ0v) is 9.85. The summed E-state index contributed by atoms with van der Waals surface area (Å²) in [6.45, 7) is 0. The van der Waals surface area contributed by atoms with Crippen molar-refractivity contribution in [2.75, 3.05) is 0 Å². The molecule has 3 aromatic carbocycles. The van der Waals surface area contributed by atoms with Crippen molar-refractivity contribution in [1.29, 1.82) is 0 Å². The molecule has 1 radical (unpaired) electrons. The van der Waals surface area contributed by atoms with Gasteiger partial charge in [-0.25, -0.2) is 0 Å². The van der Waals surface area contributed by atoms with Crippen LogP contribution >= 0.6 is 0 Å². The smallest absolute Gasteiger partial charge is 0.0327 e. The number of fused-ring (bicyclic) bond motifs is 1. The lowest BCUT2D eigenvalue weighted by Gasteiger charge is -1.99. The average molecular weight is 227 g/mol. The molecule has 0 aliphatic rings. The molecule has 0 nitrogen and oxygen atoms in total. The molecule has 3 rings (SSSR count). The van der Waals surface area contributed by atoms with Crippen LogP contribution in [0.25, 0.3) is 10.8 Å². The minimum absolute atomic E-state index is 1.02. The van der Waals surface area contributed by atoms with Gasteiger partial charge in [0.15, 0.2) is 0 Å². The first-order valence-electron chi connectivity index (χ1n) is 5.89. The van der Waals surface area contributed by atoms with Gasteiger partial charge in [0.1, 0.15) is 0 Å². The summed E-state index contributed by atoms with van der Waals surface area (Å²) in [5, 5.41) is 2.43. The van der Waals surface area contributed by atoms with Crippen LogP contribution in [0.2, 0.25) is 0 Å². The topological polar surface area (TPSA) is 0 Å². The van der Waals surface area contributed by atoms with Crippen molar-refractivity contribution in [2.45, 2.75) is 0 Å². The van der Waals surface area contributed by atoms with Crippen LogP contribution in [0.3, 0.4) is 0 Å². The highest BCUT2D eigenvalue weighted by Crippen LogP contribution is 2.17. The molecule has 0 spiro atoms. The van der Waals surface area contributed by atoms with Crippen molar-refractivity contribution in [2.24, 2.45) is 0 Å². The van der Waals surface area contributed by atoms with E-state index in [1.165, 1.54) is 10.8 Å². The number of benzene rings is 3. The Balaban J connectivity index is 2.09. The first-order valence-corrected chi connectivity index (χ1v) is 5.89. The predicted octanol–water partition coefficient (Wildman–Crippen LogP) is 4.04. The summed E-state index contributed by atoms with van der Waals surface area (Å²) in [6, 6.07) is 25.2. The molecule has 0 aliphatic heterocycles. The normalized spacial score (nSPS) is 9.78. The van der Waals surface area contributed by atoms with Gasteiger partial charge in [-0.15, -0.1) is 0 Å². The van der Waals surface area contributed by atoms with E-state index in [4.69, 9.17) is 0 Å². The van der Waals surface area contributed by atoms with Gasteiger partial charge in [0.25, 0.3) is 0 Å². The van der Waals surface area contributed by atoms with Crippen molar-refractivity contribution in [3.63, 3.8) is 0 Å². The number of rotatable bonds is 0.